The molecule has 33 heavy (non-hydrogen) atoms. The first-order valence-electron chi connectivity index (χ1n) is 10.2. The lowest BCUT2D eigenvalue weighted by molar-refractivity contribution is -0.765. The molecule has 1 aliphatic carbocycles. The fourth-order valence-electron chi connectivity index (χ4n) is 3.98. The zero-order chi connectivity index (χ0) is 22.7. The summed E-state index contributed by atoms with van der Waals surface area (Å²) in [5.74, 6) is -0.394. The van der Waals surface area contributed by atoms with Gasteiger partial charge < -0.3 is 21.6 Å². The Morgan fingerprint density at radius 3 is 2.97 bits per heavy atom. The van der Waals surface area contributed by atoms with Gasteiger partial charge in [0, 0.05) is 46.8 Å². The maximum atomic E-state index is 13.0. The van der Waals surface area contributed by atoms with Crippen molar-refractivity contribution < 1.29 is 14.3 Å². The van der Waals surface area contributed by atoms with Gasteiger partial charge in [0.25, 0.3) is 6.20 Å². The van der Waals surface area contributed by atoms with Crippen LogP contribution in [0, 0.1) is 11.3 Å². The highest BCUT2D eigenvalue weighted by Gasteiger charge is 2.35. The monoisotopic (exact) mass is 456 g/mol. The molecule has 11 heteroatoms. The summed E-state index contributed by atoms with van der Waals surface area (Å²) in [5.41, 5.74) is 15.2. The van der Waals surface area contributed by atoms with Gasteiger partial charge in [0.1, 0.15) is 22.3 Å². The molecule has 4 heterocycles. The third-order valence-electron chi connectivity index (χ3n) is 5.68. The molecule has 1 aliphatic rings. The molecule has 1 aromatic carbocycles. The number of aromatic amines is 1. The fourth-order valence-corrected chi connectivity index (χ4v) is 4.97. The Balaban J connectivity index is 1.57. The maximum absolute atomic E-state index is 13.0. The van der Waals surface area contributed by atoms with Crippen molar-refractivity contribution in [1.29, 1.82) is 5.26 Å². The first-order chi connectivity index (χ1) is 16.0. The number of pyridine rings is 1. The van der Waals surface area contributed by atoms with E-state index in [1.807, 2.05) is 30.5 Å². The van der Waals surface area contributed by atoms with Crippen LogP contribution in [0.15, 0.2) is 46.2 Å². The summed E-state index contributed by atoms with van der Waals surface area (Å²) in [7, 11) is 0. The molecule has 0 spiro atoms. The van der Waals surface area contributed by atoms with Crippen LogP contribution in [0.4, 0.5) is 17.4 Å². The molecule has 1 saturated carbocycles. The van der Waals surface area contributed by atoms with Gasteiger partial charge in [-0.1, -0.05) is 12.1 Å². The Bertz CT molecular complexity index is 1630. The minimum atomic E-state index is -0.572. The zero-order valence-electron chi connectivity index (χ0n) is 17.1. The van der Waals surface area contributed by atoms with Crippen molar-refractivity contribution in [3.63, 3.8) is 0 Å². The van der Waals surface area contributed by atoms with Crippen molar-refractivity contribution in [1.82, 2.24) is 15.2 Å². The number of benzene rings is 1. The Morgan fingerprint density at radius 1 is 1.33 bits per heavy atom. The predicted molar refractivity (Wildman–Crippen MR) is 122 cm³/mol. The number of thiophene rings is 1. The van der Waals surface area contributed by atoms with Gasteiger partial charge >= 0.3 is 5.88 Å². The lowest BCUT2D eigenvalue weighted by atomic mass is 9.94. The second-order valence-electron chi connectivity index (χ2n) is 7.80. The second kappa shape index (κ2) is 7.04. The van der Waals surface area contributed by atoms with E-state index < -0.39 is 5.90 Å². The molecule has 0 aliphatic heterocycles. The van der Waals surface area contributed by atoms with Crippen molar-refractivity contribution in [2.75, 3.05) is 11.5 Å². The van der Waals surface area contributed by atoms with Crippen LogP contribution in [0.5, 0.6) is 0 Å². The van der Waals surface area contributed by atoms with E-state index in [4.69, 9.17) is 16.0 Å². The molecule has 6 rings (SSSR count). The summed E-state index contributed by atoms with van der Waals surface area (Å²) < 4.78 is 6.83. The zero-order valence-corrected chi connectivity index (χ0v) is 17.9. The summed E-state index contributed by atoms with van der Waals surface area (Å²) in [6, 6.07) is 10.1. The fraction of sp³-hybridized carbons (Fsp3) is 0.136. The molecule has 10 nitrogen and oxygen atoms in total. The van der Waals surface area contributed by atoms with Crippen LogP contribution >= 0.6 is 11.3 Å². The number of aromatic nitrogens is 4. The van der Waals surface area contributed by atoms with Crippen LogP contribution in [0.2, 0.25) is 0 Å². The van der Waals surface area contributed by atoms with E-state index in [-0.39, 0.29) is 27.8 Å². The largest absolute Gasteiger partial charge is 0.857 e. The van der Waals surface area contributed by atoms with Gasteiger partial charge in [0.15, 0.2) is 6.04 Å². The van der Waals surface area contributed by atoms with Crippen molar-refractivity contribution in [3.8, 4) is 17.2 Å². The number of H-pyrrole nitrogens is 1. The van der Waals surface area contributed by atoms with E-state index in [2.05, 4.69) is 26.3 Å². The molecule has 0 saturated heterocycles. The highest BCUT2D eigenvalue weighted by molar-refractivity contribution is 7.21. The molecule has 0 unspecified atom stereocenters. The number of hydrogen-bond acceptors (Lipinski definition) is 9. The first kappa shape index (κ1) is 19.3. The average molecular weight is 456 g/mol. The molecule has 5 aromatic rings. The number of nitrogens with zero attached hydrogens (tertiary/aromatic N) is 5. The van der Waals surface area contributed by atoms with E-state index in [0.29, 0.717) is 21.8 Å². The van der Waals surface area contributed by atoms with E-state index in [1.165, 1.54) is 0 Å². The van der Waals surface area contributed by atoms with Crippen molar-refractivity contribution in [2.24, 2.45) is 4.99 Å². The maximum Gasteiger partial charge on any atom is 0.320 e. The molecule has 162 valence electrons. The minimum Gasteiger partial charge on any atom is -0.857 e. The third-order valence-corrected chi connectivity index (χ3v) is 6.77. The predicted octanol–water partition coefficient (Wildman–Crippen LogP) is 2.53. The van der Waals surface area contributed by atoms with E-state index in [1.54, 1.807) is 10.9 Å². The molecule has 4 aromatic heterocycles. The number of nitrogens with one attached hydrogen (secondary N) is 1. The van der Waals surface area contributed by atoms with Crippen LogP contribution in [0.25, 0.3) is 32.2 Å². The number of nitrogens with two attached hydrogens (primary N) is 2. The summed E-state index contributed by atoms with van der Waals surface area (Å²) in [6.45, 7) is 0. The van der Waals surface area contributed by atoms with Crippen LogP contribution in [-0.4, -0.2) is 21.1 Å². The number of nitriles is 1. The minimum absolute atomic E-state index is 0.0745. The highest BCUT2D eigenvalue weighted by Crippen LogP contribution is 2.44. The molecule has 0 atom stereocenters. The summed E-state index contributed by atoms with van der Waals surface area (Å²) in [5, 5.41) is 28.2. The molecule has 5 N–H and O–H groups in total. The number of anilines is 2. The van der Waals surface area contributed by atoms with Crippen LogP contribution in [-0.2, 0) is 0 Å². The topological polar surface area (TPSA) is 170 Å². The van der Waals surface area contributed by atoms with Crippen LogP contribution < -0.4 is 21.3 Å². The van der Waals surface area contributed by atoms with Gasteiger partial charge in [0.2, 0.25) is 5.27 Å². The van der Waals surface area contributed by atoms with Crippen LogP contribution in [0.1, 0.15) is 29.3 Å². The molecular weight excluding hydrogens is 440 g/mol. The molecule has 0 amide bonds. The Morgan fingerprint density at radius 2 is 2.18 bits per heavy atom. The summed E-state index contributed by atoms with van der Waals surface area (Å²) in [6.07, 6.45) is 5.47. The number of nitrogen functional groups attached to an aromatic ring is 2. The third kappa shape index (κ3) is 3.00. The lowest BCUT2D eigenvalue weighted by Gasteiger charge is -2.11. The van der Waals surface area contributed by atoms with Crippen molar-refractivity contribution >= 4 is 55.7 Å². The molecule has 0 bridgehead atoms. The smallest absolute Gasteiger partial charge is 0.320 e. The quantitative estimate of drug-likeness (QED) is 0.212. The van der Waals surface area contributed by atoms with E-state index in [0.717, 1.165) is 40.6 Å². The van der Waals surface area contributed by atoms with E-state index >= 15 is 0 Å². The van der Waals surface area contributed by atoms with Gasteiger partial charge in [-0.3, -0.25) is 4.52 Å². The second-order valence-corrected chi connectivity index (χ2v) is 8.80. The first-order valence-corrected chi connectivity index (χ1v) is 11.0. The SMILES string of the molecule is N#Cc1c(N)nc2sc(/C([O-])=N/c3c[n+](C4CC4)no3)c(N)c2c1-c1cccc2[nH]ccc12. The summed E-state index contributed by atoms with van der Waals surface area (Å²) in [4.78, 5) is 12.2. The summed E-state index contributed by atoms with van der Waals surface area (Å²) >= 11 is 1.08. The Kier molecular flexibility index (Phi) is 4.11. The normalized spacial score (nSPS) is 14.2. The molecule has 1 fully saturated rings. The lowest BCUT2D eigenvalue weighted by Crippen LogP contribution is -2.32. The number of fused-ring (bicyclic) bond motifs is 2. The Hall–Kier alpha value is -4.43. The van der Waals surface area contributed by atoms with Crippen molar-refractivity contribution in [2.45, 2.75) is 18.9 Å². The van der Waals surface area contributed by atoms with Crippen molar-refractivity contribution in [3.05, 3.63) is 47.1 Å². The number of hydrogen-bond donors (Lipinski definition) is 3. The molecular formula is C22H16N8O2S. The van der Waals surface area contributed by atoms with Gasteiger partial charge in [-0.05, 0) is 22.4 Å². The number of aliphatic imine (C=N–C) groups is 1. The van der Waals surface area contributed by atoms with Gasteiger partial charge in [-0.2, -0.15) is 5.26 Å². The Labute approximate surface area is 190 Å². The highest BCUT2D eigenvalue weighted by atomic mass is 32.1. The van der Waals surface area contributed by atoms with Gasteiger partial charge in [-0.25, -0.2) is 9.98 Å². The number of rotatable bonds is 4. The average Bonchev–Trinajstić information content (AvgIpc) is 3.21. The molecule has 0 radical (unpaired) electrons. The van der Waals surface area contributed by atoms with Gasteiger partial charge in [-0.15, -0.1) is 11.3 Å². The van der Waals surface area contributed by atoms with E-state index in [9.17, 15) is 10.4 Å². The van der Waals surface area contributed by atoms with Crippen LogP contribution in [0.3, 0.4) is 0 Å². The van der Waals surface area contributed by atoms with Gasteiger partial charge in [0.05, 0.1) is 10.6 Å². The standard InChI is InChI=1S/C22H16N8O2S/c23-8-13-16(12-2-1-3-14-11(12)6-7-26-14)17-18(24)19(33-22(17)28-20(13)25)21(31)27-15-9-30(29-32-15)10-4-5-10/h1-3,6-7,9-10H,4-5H2,(H5-,24,25,26,27,28,29,31).